The standard InChI is InChI=1S/C26H39N9O2/c1-16(2)30-19-11-22(29-12-18(19)23(27)35-13-17(14-35)24(37)33(5)6)31-21-7-9-28-25(32-21)34-10-8-20(36)26(3,4)15-34/h7,9,11-12,16-17,20,27,36H,8,10,13-15H2,1-6H3,(H2,28,29,30,31,32). The van der Waals surface area contributed by atoms with Gasteiger partial charge in [-0.15, -0.1) is 0 Å². The van der Waals surface area contributed by atoms with E-state index < -0.39 is 0 Å². The number of hydrogen-bond acceptors (Lipinski definition) is 9. The number of amides is 1. The second-order valence-electron chi connectivity index (χ2n) is 11.2. The Balaban J connectivity index is 1.49. The average molecular weight is 510 g/mol. The molecular weight excluding hydrogens is 470 g/mol. The van der Waals surface area contributed by atoms with Gasteiger partial charge in [-0.1, -0.05) is 13.8 Å². The Morgan fingerprint density at radius 1 is 1.24 bits per heavy atom. The van der Waals surface area contributed by atoms with Gasteiger partial charge in [0.2, 0.25) is 11.9 Å². The van der Waals surface area contributed by atoms with E-state index >= 15 is 0 Å². The molecule has 2 aromatic heterocycles. The molecule has 11 heteroatoms. The van der Waals surface area contributed by atoms with Crippen LogP contribution in [0.1, 0.15) is 39.7 Å². The summed E-state index contributed by atoms with van der Waals surface area (Å²) < 4.78 is 0. The Morgan fingerprint density at radius 2 is 1.97 bits per heavy atom. The van der Waals surface area contributed by atoms with Gasteiger partial charge in [-0.05, 0) is 26.3 Å². The first-order chi connectivity index (χ1) is 17.4. The summed E-state index contributed by atoms with van der Waals surface area (Å²) in [5.74, 6) is 2.20. The van der Waals surface area contributed by atoms with Gasteiger partial charge in [-0.2, -0.15) is 4.98 Å². The zero-order valence-electron chi connectivity index (χ0n) is 22.6. The third-order valence-electron chi connectivity index (χ3n) is 6.95. The molecule has 4 N–H and O–H groups in total. The van der Waals surface area contributed by atoms with E-state index in [9.17, 15) is 9.90 Å². The summed E-state index contributed by atoms with van der Waals surface area (Å²) in [6.07, 6.45) is 3.74. The molecule has 2 aliphatic heterocycles. The molecule has 2 aromatic rings. The monoisotopic (exact) mass is 509 g/mol. The van der Waals surface area contributed by atoms with Gasteiger partial charge < -0.3 is 30.4 Å². The molecule has 2 aliphatic rings. The van der Waals surface area contributed by atoms with Crippen LogP contribution in [0.3, 0.4) is 0 Å². The van der Waals surface area contributed by atoms with Crippen LogP contribution in [-0.2, 0) is 4.79 Å². The largest absolute Gasteiger partial charge is 0.392 e. The Morgan fingerprint density at radius 3 is 2.62 bits per heavy atom. The summed E-state index contributed by atoms with van der Waals surface area (Å²) in [6, 6.07) is 3.83. The van der Waals surface area contributed by atoms with Crippen molar-refractivity contribution in [2.24, 2.45) is 11.3 Å². The summed E-state index contributed by atoms with van der Waals surface area (Å²) in [7, 11) is 3.52. The van der Waals surface area contributed by atoms with Crippen molar-refractivity contribution in [3.05, 3.63) is 30.1 Å². The molecule has 2 fully saturated rings. The maximum absolute atomic E-state index is 12.2. The van der Waals surface area contributed by atoms with Crippen molar-refractivity contribution in [3.63, 3.8) is 0 Å². The number of anilines is 4. The molecule has 1 atom stereocenters. The highest BCUT2D eigenvalue weighted by molar-refractivity contribution is 6.02. The first-order valence-electron chi connectivity index (χ1n) is 12.8. The third-order valence-corrected chi connectivity index (χ3v) is 6.95. The fraction of sp³-hybridized carbons (Fsp3) is 0.577. The number of aliphatic hydroxyl groups excluding tert-OH is 1. The van der Waals surface area contributed by atoms with Crippen molar-refractivity contribution >= 4 is 35.0 Å². The number of hydrogen-bond donors (Lipinski definition) is 4. The Bertz CT molecular complexity index is 1140. The number of nitrogens with zero attached hydrogens (tertiary/aromatic N) is 6. The maximum Gasteiger partial charge on any atom is 0.228 e. The molecule has 0 saturated carbocycles. The van der Waals surface area contributed by atoms with Gasteiger partial charge in [-0.25, -0.2) is 9.97 Å². The Kier molecular flexibility index (Phi) is 7.54. The lowest BCUT2D eigenvalue weighted by Crippen LogP contribution is -2.55. The minimum absolute atomic E-state index is 0.0774. The molecule has 4 rings (SSSR count). The third kappa shape index (κ3) is 5.93. The molecule has 0 aliphatic carbocycles. The first-order valence-corrected chi connectivity index (χ1v) is 12.8. The van der Waals surface area contributed by atoms with Crippen molar-refractivity contribution in [2.75, 3.05) is 55.8 Å². The van der Waals surface area contributed by atoms with E-state index in [0.717, 1.165) is 5.69 Å². The number of aromatic nitrogens is 3. The molecule has 200 valence electrons. The molecule has 0 bridgehead atoms. The van der Waals surface area contributed by atoms with Gasteiger partial charge in [0, 0.05) is 70.2 Å². The minimum Gasteiger partial charge on any atom is -0.392 e. The maximum atomic E-state index is 12.2. The zero-order valence-corrected chi connectivity index (χ0v) is 22.6. The smallest absolute Gasteiger partial charge is 0.228 e. The van der Waals surface area contributed by atoms with Gasteiger partial charge in [0.1, 0.15) is 17.5 Å². The molecule has 1 unspecified atom stereocenters. The quantitative estimate of drug-likeness (QED) is 0.328. The molecule has 2 saturated heterocycles. The van der Waals surface area contributed by atoms with Gasteiger partial charge in [0.05, 0.1) is 23.3 Å². The predicted molar refractivity (Wildman–Crippen MR) is 146 cm³/mol. The molecule has 0 spiro atoms. The highest BCUT2D eigenvalue weighted by Gasteiger charge is 2.37. The van der Waals surface area contributed by atoms with E-state index in [-0.39, 0.29) is 29.4 Å². The van der Waals surface area contributed by atoms with Gasteiger partial charge in [-0.3, -0.25) is 10.2 Å². The average Bonchev–Trinajstić information content (AvgIpc) is 2.79. The van der Waals surface area contributed by atoms with Crippen molar-refractivity contribution in [3.8, 4) is 0 Å². The normalized spacial score (nSPS) is 19.4. The molecule has 37 heavy (non-hydrogen) atoms. The van der Waals surface area contributed by atoms with E-state index in [1.54, 1.807) is 37.5 Å². The summed E-state index contributed by atoms with van der Waals surface area (Å²) in [6.45, 7) is 10.6. The van der Waals surface area contributed by atoms with Crippen LogP contribution in [0.2, 0.25) is 0 Å². The minimum atomic E-state index is -0.339. The highest BCUT2D eigenvalue weighted by Crippen LogP contribution is 2.31. The van der Waals surface area contributed by atoms with E-state index in [1.165, 1.54) is 0 Å². The molecule has 11 nitrogen and oxygen atoms in total. The van der Waals surface area contributed by atoms with Gasteiger partial charge in [0.15, 0.2) is 0 Å². The molecular formula is C26H39N9O2. The molecule has 0 radical (unpaired) electrons. The van der Waals surface area contributed by atoms with E-state index in [0.29, 0.717) is 61.6 Å². The number of nitrogens with one attached hydrogen (secondary N) is 3. The number of carbonyl (C=O) groups is 1. The van der Waals surface area contributed by atoms with Crippen molar-refractivity contribution < 1.29 is 9.90 Å². The number of amidine groups is 1. The molecule has 1 amide bonds. The lowest BCUT2D eigenvalue weighted by molar-refractivity contribution is -0.136. The van der Waals surface area contributed by atoms with Crippen LogP contribution in [-0.4, -0.2) is 94.0 Å². The number of pyridine rings is 1. The van der Waals surface area contributed by atoms with Crippen LogP contribution in [0.4, 0.5) is 23.3 Å². The SMILES string of the molecule is CC(C)Nc1cc(Nc2ccnc(N3CCC(O)C(C)(C)C3)n2)ncc1C(=N)N1CC(C(=O)N(C)C)C1. The fourth-order valence-corrected chi connectivity index (χ4v) is 4.71. The highest BCUT2D eigenvalue weighted by atomic mass is 16.3. The molecule has 4 heterocycles. The zero-order chi connectivity index (χ0) is 26.9. The number of piperidine rings is 1. The first kappa shape index (κ1) is 26.6. The lowest BCUT2D eigenvalue weighted by atomic mass is 9.81. The van der Waals surface area contributed by atoms with Gasteiger partial charge >= 0.3 is 0 Å². The van der Waals surface area contributed by atoms with Gasteiger partial charge in [0.25, 0.3) is 0 Å². The summed E-state index contributed by atoms with van der Waals surface area (Å²) in [5.41, 5.74) is 1.24. The van der Waals surface area contributed by atoms with Crippen molar-refractivity contribution in [1.82, 2.24) is 24.8 Å². The second kappa shape index (κ2) is 10.5. The Labute approximate surface area is 218 Å². The van der Waals surface area contributed by atoms with Crippen LogP contribution in [0.25, 0.3) is 0 Å². The van der Waals surface area contributed by atoms with Crippen LogP contribution >= 0.6 is 0 Å². The molecule has 0 aromatic carbocycles. The number of rotatable bonds is 7. The number of carbonyl (C=O) groups excluding carboxylic acids is 1. The second-order valence-corrected chi connectivity index (χ2v) is 11.2. The fourth-order valence-electron chi connectivity index (χ4n) is 4.71. The summed E-state index contributed by atoms with van der Waals surface area (Å²) in [4.78, 5) is 31.5. The van der Waals surface area contributed by atoms with Crippen LogP contribution in [0.15, 0.2) is 24.5 Å². The topological polar surface area (TPSA) is 134 Å². The number of likely N-dealkylation sites (tertiary alicyclic amines) is 1. The van der Waals surface area contributed by atoms with Crippen molar-refractivity contribution in [2.45, 2.75) is 46.3 Å². The van der Waals surface area contributed by atoms with E-state index in [4.69, 9.17) is 10.4 Å². The summed E-state index contributed by atoms with van der Waals surface area (Å²) >= 11 is 0. The Hall–Kier alpha value is -3.47. The van der Waals surface area contributed by atoms with Crippen LogP contribution in [0.5, 0.6) is 0 Å². The summed E-state index contributed by atoms with van der Waals surface area (Å²) in [5, 5.41) is 25.7. The van der Waals surface area contributed by atoms with Crippen molar-refractivity contribution in [1.29, 1.82) is 5.41 Å². The van der Waals surface area contributed by atoms with Crippen LogP contribution < -0.4 is 15.5 Å². The predicted octanol–water partition coefficient (Wildman–Crippen LogP) is 2.38. The van der Waals surface area contributed by atoms with Crippen LogP contribution in [0, 0.1) is 16.7 Å². The van der Waals surface area contributed by atoms with E-state index in [2.05, 4.69) is 39.3 Å². The van der Waals surface area contributed by atoms with E-state index in [1.807, 2.05) is 24.8 Å². The number of aliphatic hydroxyl groups is 1. The lowest BCUT2D eigenvalue weighted by Gasteiger charge is -2.41.